The Kier molecular flexibility index (Phi) is 6.40. The fourth-order valence-electron chi connectivity index (χ4n) is 3.23. The minimum Gasteiger partial charge on any atom is -0.352 e. The van der Waals surface area contributed by atoms with E-state index >= 15 is 0 Å². The first-order chi connectivity index (χ1) is 11.8. The van der Waals surface area contributed by atoms with Crippen molar-refractivity contribution in [2.45, 2.75) is 51.9 Å². The van der Waals surface area contributed by atoms with Crippen LogP contribution in [0.25, 0.3) is 0 Å². The molecule has 25 heavy (non-hydrogen) atoms. The third kappa shape index (κ3) is 5.45. The van der Waals surface area contributed by atoms with Gasteiger partial charge in [0.05, 0.1) is 0 Å². The molecular formula is C21H30N2O2. The minimum absolute atomic E-state index is 0.00857. The Balaban J connectivity index is 1.84. The molecule has 0 unspecified atom stereocenters. The zero-order chi connectivity index (χ0) is 18.4. The van der Waals surface area contributed by atoms with Crippen LogP contribution in [0.1, 0.15) is 52.0 Å². The van der Waals surface area contributed by atoms with Crippen molar-refractivity contribution < 1.29 is 9.59 Å². The second-order valence-electron chi connectivity index (χ2n) is 7.90. The van der Waals surface area contributed by atoms with Crippen LogP contribution in [0, 0.1) is 11.8 Å². The van der Waals surface area contributed by atoms with Crippen molar-refractivity contribution in [3.05, 3.63) is 42.5 Å². The van der Waals surface area contributed by atoms with Gasteiger partial charge in [0, 0.05) is 24.1 Å². The lowest BCUT2D eigenvalue weighted by molar-refractivity contribution is -0.128. The summed E-state index contributed by atoms with van der Waals surface area (Å²) < 4.78 is 0. The molecule has 136 valence electrons. The molecular weight excluding hydrogens is 312 g/mol. The summed E-state index contributed by atoms with van der Waals surface area (Å²) >= 11 is 0. The highest BCUT2D eigenvalue weighted by molar-refractivity contribution is 5.92. The van der Waals surface area contributed by atoms with Gasteiger partial charge in [0.2, 0.25) is 11.8 Å². The normalized spacial score (nSPS) is 20.6. The first-order valence-electron chi connectivity index (χ1n) is 9.11. The van der Waals surface area contributed by atoms with E-state index in [-0.39, 0.29) is 29.1 Å². The molecule has 1 aliphatic carbocycles. The molecule has 1 aromatic rings. The van der Waals surface area contributed by atoms with Crippen molar-refractivity contribution in [3.8, 4) is 0 Å². The molecule has 0 radical (unpaired) electrons. The maximum absolute atomic E-state index is 12.5. The summed E-state index contributed by atoms with van der Waals surface area (Å²) in [7, 11) is 0. The predicted octanol–water partition coefficient (Wildman–Crippen LogP) is 4.03. The summed E-state index contributed by atoms with van der Waals surface area (Å²) in [6.07, 6.45) is 4.74. The van der Waals surface area contributed by atoms with Gasteiger partial charge in [-0.3, -0.25) is 9.59 Å². The first-order valence-corrected chi connectivity index (χ1v) is 9.11. The summed E-state index contributed by atoms with van der Waals surface area (Å²) in [5, 5.41) is 5.86. The number of hydrogen-bond acceptors (Lipinski definition) is 2. The van der Waals surface area contributed by atoms with Gasteiger partial charge in [0.25, 0.3) is 0 Å². The fraction of sp³-hybridized carbons (Fsp3) is 0.524. The zero-order valence-corrected chi connectivity index (χ0v) is 15.6. The van der Waals surface area contributed by atoms with E-state index in [1.54, 1.807) is 6.08 Å². The molecule has 0 saturated heterocycles. The lowest BCUT2D eigenvalue weighted by atomic mass is 9.81. The van der Waals surface area contributed by atoms with E-state index in [4.69, 9.17) is 0 Å². The second-order valence-corrected chi connectivity index (χ2v) is 7.90. The van der Waals surface area contributed by atoms with Crippen molar-refractivity contribution in [1.29, 1.82) is 0 Å². The van der Waals surface area contributed by atoms with Crippen LogP contribution in [0.3, 0.4) is 0 Å². The summed E-state index contributed by atoms with van der Waals surface area (Å²) in [6.45, 7) is 10.6. The van der Waals surface area contributed by atoms with Crippen LogP contribution in [0.4, 0.5) is 5.69 Å². The number of nitrogens with one attached hydrogen (secondary N) is 2. The topological polar surface area (TPSA) is 58.2 Å². The van der Waals surface area contributed by atoms with Gasteiger partial charge in [-0.05, 0) is 48.8 Å². The minimum atomic E-state index is -0.00857. The second kappa shape index (κ2) is 8.32. The molecule has 4 nitrogen and oxygen atoms in total. The third-order valence-corrected chi connectivity index (χ3v) is 4.91. The molecule has 0 heterocycles. The van der Waals surface area contributed by atoms with Crippen LogP contribution >= 0.6 is 0 Å². The Morgan fingerprint density at radius 2 is 1.56 bits per heavy atom. The largest absolute Gasteiger partial charge is 0.352 e. The Morgan fingerprint density at radius 1 is 1.04 bits per heavy atom. The number of carbonyl (C=O) groups is 2. The van der Waals surface area contributed by atoms with E-state index in [9.17, 15) is 9.59 Å². The van der Waals surface area contributed by atoms with Crippen LogP contribution in [0.2, 0.25) is 0 Å². The van der Waals surface area contributed by atoms with Gasteiger partial charge in [-0.1, -0.05) is 39.0 Å². The van der Waals surface area contributed by atoms with E-state index in [1.165, 1.54) is 5.56 Å². The standard InChI is InChI=1S/C21H30N2O2/c1-5-14-22-19(24)15-6-8-16(9-7-15)20(25)23-18-12-10-17(11-13-18)21(2,3)4/h5,10-13,15-16H,1,6-9,14H2,2-4H3,(H,22,24)(H,23,25). The van der Waals surface area contributed by atoms with Gasteiger partial charge in [-0.25, -0.2) is 0 Å². The van der Waals surface area contributed by atoms with Crippen molar-refractivity contribution in [2.75, 3.05) is 11.9 Å². The van der Waals surface area contributed by atoms with E-state index in [0.717, 1.165) is 31.4 Å². The van der Waals surface area contributed by atoms with E-state index < -0.39 is 0 Å². The van der Waals surface area contributed by atoms with E-state index in [0.29, 0.717) is 6.54 Å². The number of rotatable bonds is 5. The highest BCUT2D eigenvalue weighted by atomic mass is 16.2. The van der Waals surface area contributed by atoms with Crippen molar-refractivity contribution >= 4 is 17.5 Å². The molecule has 1 fully saturated rings. The number of benzene rings is 1. The predicted molar refractivity (Wildman–Crippen MR) is 102 cm³/mol. The molecule has 0 bridgehead atoms. The van der Waals surface area contributed by atoms with E-state index in [1.807, 2.05) is 12.1 Å². The summed E-state index contributed by atoms with van der Waals surface area (Å²) in [4.78, 5) is 24.5. The van der Waals surface area contributed by atoms with Gasteiger partial charge in [-0.15, -0.1) is 6.58 Å². The first kappa shape index (κ1) is 19.2. The molecule has 1 aromatic carbocycles. The maximum atomic E-state index is 12.5. The van der Waals surface area contributed by atoms with Crippen LogP contribution < -0.4 is 10.6 Å². The van der Waals surface area contributed by atoms with Crippen LogP contribution in [-0.2, 0) is 15.0 Å². The van der Waals surface area contributed by atoms with E-state index in [2.05, 4.69) is 50.1 Å². The lowest BCUT2D eigenvalue weighted by Crippen LogP contribution is -2.35. The molecule has 0 spiro atoms. The molecule has 1 saturated carbocycles. The SMILES string of the molecule is C=CCNC(=O)C1CCC(C(=O)Nc2ccc(C(C)(C)C)cc2)CC1. The number of carbonyl (C=O) groups excluding carboxylic acids is 2. The molecule has 1 aliphatic rings. The average Bonchev–Trinajstić information content (AvgIpc) is 2.59. The van der Waals surface area contributed by atoms with Crippen LogP contribution in [0.5, 0.6) is 0 Å². The maximum Gasteiger partial charge on any atom is 0.227 e. The summed E-state index contributed by atoms with van der Waals surface area (Å²) in [5.74, 6) is 0.158. The van der Waals surface area contributed by atoms with Gasteiger partial charge in [-0.2, -0.15) is 0 Å². The van der Waals surface area contributed by atoms with Gasteiger partial charge in [0.15, 0.2) is 0 Å². The van der Waals surface area contributed by atoms with Crippen LogP contribution in [0.15, 0.2) is 36.9 Å². The van der Waals surface area contributed by atoms with Gasteiger partial charge in [0.1, 0.15) is 0 Å². The monoisotopic (exact) mass is 342 g/mol. The van der Waals surface area contributed by atoms with Crippen molar-refractivity contribution in [2.24, 2.45) is 11.8 Å². The molecule has 2 amide bonds. The highest BCUT2D eigenvalue weighted by Crippen LogP contribution is 2.30. The number of hydrogen-bond donors (Lipinski definition) is 2. The number of amides is 2. The molecule has 4 heteroatoms. The molecule has 0 atom stereocenters. The zero-order valence-electron chi connectivity index (χ0n) is 15.6. The van der Waals surface area contributed by atoms with Gasteiger partial charge >= 0.3 is 0 Å². The van der Waals surface area contributed by atoms with Gasteiger partial charge < -0.3 is 10.6 Å². The molecule has 0 aliphatic heterocycles. The van der Waals surface area contributed by atoms with Crippen molar-refractivity contribution in [3.63, 3.8) is 0 Å². The molecule has 0 aromatic heterocycles. The molecule has 2 rings (SSSR count). The Morgan fingerprint density at radius 3 is 2.04 bits per heavy atom. The quantitative estimate of drug-likeness (QED) is 0.794. The fourth-order valence-corrected chi connectivity index (χ4v) is 3.23. The summed E-state index contributed by atoms with van der Waals surface area (Å²) in [6, 6.07) is 8.06. The smallest absolute Gasteiger partial charge is 0.227 e. The summed E-state index contributed by atoms with van der Waals surface area (Å²) in [5.41, 5.74) is 2.19. The average molecular weight is 342 g/mol. The lowest BCUT2D eigenvalue weighted by Gasteiger charge is -2.27. The van der Waals surface area contributed by atoms with Crippen LogP contribution in [-0.4, -0.2) is 18.4 Å². The Bertz CT molecular complexity index is 606. The third-order valence-electron chi connectivity index (χ3n) is 4.91. The number of anilines is 1. The highest BCUT2D eigenvalue weighted by Gasteiger charge is 2.29. The van der Waals surface area contributed by atoms with Crippen molar-refractivity contribution in [1.82, 2.24) is 5.32 Å². The molecule has 2 N–H and O–H groups in total. The Hall–Kier alpha value is -2.10. The Labute approximate surface area is 151 Å².